The van der Waals surface area contributed by atoms with Crippen molar-refractivity contribution in [2.24, 2.45) is 0 Å². The van der Waals surface area contributed by atoms with Gasteiger partial charge in [0.1, 0.15) is 0 Å². The van der Waals surface area contributed by atoms with E-state index in [1.54, 1.807) is 0 Å². The Morgan fingerprint density at radius 2 is 2.09 bits per heavy atom. The summed E-state index contributed by atoms with van der Waals surface area (Å²) in [4.78, 5) is 11.5. The molecule has 0 unspecified atom stereocenters. The van der Waals surface area contributed by atoms with Gasteiger partial charge in [0.15, 0.2) is 0 Å². The van der Waals surface area contributed by atoms with E-state index in [4.69, 9.17) is 0 Å². The fraction of sp³-hybridized carbons (Fsp3) is 0.857. The second-order valence-corrected chi connectivity index (χ2v) is 3.96. The zero-order valence-electron chi connectivity index (χ0n) is 6.47. The molecule has 4 heteroatoms. The van der Waals surface area contributed by atoms with Crippen LogP contribution in [0.2, 0.25) is 0 Å². The molecule has 1 fully saturated rings. The second kappa shape index (κ2) is 4.62. The molecule has 1 heterocycles. The summed E-state index contributed by atoms with van der Waals surface area (Å²) in [7, 11) is 0. The predicted octanol–water partition coefficient (Wildman–Crippen LogP) is -2.24. The number of carbonyl (C=O) groups excluding carboxylic acids is 1. The Hall–Kier alpha value is -0.220. The highest BCUT2D eigenvalue weighted by Crippen LogP contribution is 1.97. The summed E-state index contributed by atoms with van der Waals surface area (Å²) in [6.45, 7) is 2.96. The Balaban J connectivity index is 2.09. The average Bonchev–Trinajstić information content (AvgIpc) is 2.03. The Bertz CT molecular complexity index is 134. The lowest BCUT2D eigenvalue weighted by molar-refractivity contribution is -0.895. The zero-order valence-corrected chi connectivity index (χ0v) is 7.28. The number of rotatable bonds is 3. The van der Waals surface area contributed by atoms with Gasteiger partial charge in [-0.15, -0.1) is 0 Å². The van der Waals surface area contributed by atoms with Crippen LogP contribution in [0.15, 0.2) is 0 Å². The number of hydrogen-bond acceptors (Lipinski definition) is 3. The van der Waals surface area contributed by atoms with Gasteiger partial charge < -0.3 is 14.8 Å². The van der Waals surface area contributed by atoms with E-state index in [0.29, 0.717) is 0 Å². The van der Waals surface area contributed by atoms with Crippen molar-refractivity contribution in [3.63, 3.8) is 0 Å². The summed E-state index contributed by atoms with van der Waals surface area (Å²) in [5, 5.41) is 10.1. The number of nitrogens with one attached hydrogen (secondary N) is 1. The molecule has 0 radical (unpaired) electrons. The number of carboxylic acids is 1. The van der Waals surface area contributed by atoms with E-state index in [2.05, 4.69) is 0 Å². The summed E-state index contributed by atoms with van der Waals surface area (Å²) in [6, 6.07) is 0. The number of aliphatic carboxylic acids is 1. The van der Waals surface area contributed by atoms with Crippen LogP contribution in [0.1, 0.15) is 6.42 Å². The fourth-order valence-electron chi connectivity index (χ4n) is 1.19. The molecule has 1 N–H and O–H groups in total. The van der Waals surface area contributed by atoms with Crippen LogP contribution in [-0.2, 0) is 4.79 Å². The van der Waals surface area contributed by atoms with Gasteiger partial charge in [-0.05, 0) is 0 Å². The van der Waals surface area contributed by atoms with Gasteiger partial charge in [-0.1, -0.05) is 0 Å². The summed E-state index contributed by atoms with van der Waals surface area (Å²) < 4.78 is 0. The first-order valence-corrected chi connectivity index (χ1v) is 5.05. The number of quaternary nitrogens is 1. The van der Waals surface area contributed by atoms with Crippen LogP contribution in [0.5, 0.6) is 0 Å². The van der Waals surface area contributed by atoms with Crippen molar-refractivity contribution in [3.05, 3.63) is 0 Å². The molecule has 0 amide bonds. The van der Waals surface area contributed by atoms with Gasteiger partial charge in [0, 0.05) is 23.9 Å². The third kappa shape index (κ3) is 3.62. The molecule has 1 rings (SSSR count). The van der Waals surface area contributed by atoms with E-state index >= 15 is 0 Å². The Morgan fingerprint density at radius 1 is 1.45 bits per heavy atom. The minimum atomic E-state index is -0.921. The maximum atomic E-state index is 10.1. The molecular formula is C7H13NO2S. The SMILES string of the molecule is O=C([O-])CC[NH+]1CCSCC1. The first-order chi connectivity index (χ1) is 5.29. The molecule has 0 bridgehead atoms. The third-order valence-electron chi connectivity index (χ3n) is 1.88. The number of carbonyl (C=O) groups is 1. The lowest BCUT2D eigenvalue weighted by Crippen LogP contribution is -3.13. The third-order valence-corrected chi connectivity index (χ3v) is 2.87. The molecule has 0 aliphatic carbocycles. The number of hydrogen-bond donors (Lipinski definition) is 1. The van der Waals surface area contributed by atoms with Crippen molar-refractivity contribution >= 4 is 17.7 Å². The second-order valence-electron chi connectivity index (χ2n) is 2.73. The van der Waals surface area contributed by atoms with Gasteiger partial charge in [-0.3, -0.25) is 0 Å². The Kier molecular flexibility index (Phi) is 3.72. The molecule has 0 aromatic rings. The first-order valence-electron chi connectivity index (χ1n) is 3.90. The highest BCUT2D eigenvalue weighted by atomic mass is 32.2. The molecule has 0 spiro atoms. The minimum Gasteiger partial charge on any atom is -0.550 e. The van der Waals surface area contributed by atoms with Crippen molar-refractivity contribution in [1.29, 1.82) is 0 Å². The molecule has 3 nitrogen and oxygen atoms in total. The lowest BCUT2D eigenvalue weighted by Gasteiger charge is -2.23. The van der Waals surface area contributed by atoms with Crippen LogP contribution in [0.4, 0.5) is 0 Å². The summed E-state index contributed by atoms with van der Waals surface area (Å²) in [5.74, 6) is 1.42. The van der Waals surface area contributed by atoms with E-state index in [1.165, 1.54) is 16.4 Å². The van der Waals surface area contributed by atoms with Gasteiger partial charge in [0.2, 0.25) is 0 Å². The monoisotopic (exact) mass is 175 g/mol. The largest absolute Gasteiger partial charge is 0.550 e. The maximum Gasteiger partial charge on any atom is 0.0863 e. The van der Waals surface area contributed by atoms with Gasteiger partial charge in [0.05, 0.1) is 19.6 Å². The number of carboxylic acid groups (broad SMARTS) is 1. The molecule has 0 aromatic heterocycles. The molecule has 1 aliphatic rings. The quantitative estimate of drug-likeness (QED) is 0.527. The van der Waals surface area contributed by atoms with Gasteiger partial charge in [-0.2, -0.15) is 11.8 Å². The average molecular weight is 175 g/mol. The highest BCUT2D eigenvalue weighted by Gasteiger charge is 2.12. The van der Waals surface area contributed by atoms with Crippen LogP contribution in [0, 0.1) is 0 Å². The summed E-state index contributed by atoms with van der Waals surface area (Å²) >= 11 is 1.95. The molecule has 1 aliphatic heterocycles. The van der Waals surface area contributed by atoms with Crippen molar-refractivity contribution in [3.8, 4) is 0 Å². The number of thioether (sulfide) groups is 1. The van der Waals surface area contributed by atoms with Crippen LogP contribution < -0.4 is 10.0 Å². The zero-order chi connectivity index (χ0) is 8.10. The molecular weight excluding hydrogens is 162 g/mol. The van der Waals surface area contributed by atoms with Gasteiger partial charge >= 0.3 is 0 Å². The van der Waals surface area contributed by atoms with E-state index in [-0.39, 0.29) is 6.42 Å². The standard InChI is InChI=1S/C7H13NO2S/c9-7(10)1-2-8-3-5-11-6-4-8/h1-6H2,(H,9,10). The topological polar surface area (TPSA) is 44.6 Å². The van der Waals surface area contributed by atoms with Crippen LogP contribution in [0.25, 0.3) is 0 Å². The van der Waals surface area contributed by atoms with E-state index in [9.17, 15) is 9.90 Å². The fourth-order valence-corrected chi connectivity index (χ4v) is 2.26. The molecule has 11 heavy (non-hydrogen) atoms. The highest BCUT2D eigenvalue weighted by molar-refractivity contribution is 7.99. The molecule has 0 saturated carbocycles. The van der Waals surface area contributed by atoms with Gasteiger partial charge in [0.25, 0.3) is 0 Å². The van der Waals surface area contributed by atoms with Crippen LogP contribution in [-0.4, -0.2) is 37.1 Å². The lowest BCUT2D eigenvalue weighted by atomic mass is 10.4. The molecule has 0 atom stereocenters. The Morgan fingerprint density at radius 3 is 2.64 bits per heavy atom. The van der Waals surface area contributed by atoms with Crippen LogP contribution in [0.3, 0.4) is 0 Å². The van der Waals surface area contributed by atoms with E-state index in [1.807, 2.05) is 11.8 Å². The van der Waals surface area contributed by atoms with E-state index < -0.39 is 5.97 Å². The molecule has 1 saturated heterocycles. The van der Waals surface area contributed by atoms with E-state index in [0.717, 1.165) is 19.6 Å². The van der Waals surface area contributed by atoms with Crippen molar-refractivity contribution in [1.82, 2.24) is 0 Å². The predicted molar refractivity (Wildman–Crippen MR) is 42.5 cm³/mol. The minimum absolute atomic E-state index is 0.208. The smallest absolute Gasteiger partial charge is 0.0863 e. The van der Waals surface area contributed by atoms with Crippen LogP contribution >= 0.6 is 11.8 Å². The summed E-state index contributed by atoms with van der Waals surface area (Å²) in [6.07, 6.45) is 0.208. The van der Waals surface area contributed by atoms with Gasteiger partial charge in [-0.25, -0.2) is 0 Å². The Labute approximate surface area is 70.8 Å². The molecule has 64 valence electrons. The van der Waals surface area contributed by atoms with Crippen molar-refractivity contribution < 1.29 is 14.8 Å². The summed E-state index contributed by atoms with van der Waals surface area (Å²) in [5.41, 5.74) is 0. The normalized spacial score (nSPS) is 20.0. The molecule has 0 aromatic carbocycles. The van der Waals surface area contributed by atoms with Crippen molar-refractivity contribution in [2.45, 2.75) is 6.42 Å². The maximum absolute atomic E-state index is 10.1. The first kappa shape index (κ1) is 8.87. The van der Waals surface area contributed by atoms with Crippen molar-refractivity contribution in [2.75, 3.05) is 31.1 Å².